The van der Waals surface area contributed by atoms with Gasteiger partial charge in [-0.25, -0.2) is 4.39 Å². The highest BCUT2D eigenvalue weighted by molar-refractivity contribution is 5.86. The van der Waals surface area contributed by atoms with Gasteiger partial charge in [-0.05, 0) is 35.8 Å². The van der Waals surface area contributed by atoms with Crippen molar-refractivity contribution in [3.8, 4) is 0 Å². The zero-order chi connectivity index (χ0) is 11.1. The van der Waals surface area contributed by atoms with Crippen molar-refractivity contribution >= 4 is 10.8 Å². The van der Waals surface area contributed by atoms with Gasteiger partial charge in [-0.2, -0.15) is 0 Å². The first-order valence-corrected chi connectivity index (χ1v) is 5.70. The highest BCUT2D eigenvalue weighted by atomic mass is 19.1. The van der Waals surface area contributed by atoms with Gasteiger partial charge in [-0.1, -0.05) is 30.3 Å². The van der Waals surface area contributed by atoms with Crippen molar-refractivity contribution < 1.29 is 4.39 Å². The number of benzene rings is 2. The van der Waals surface area contributed by atoms with E-state index >= 15 is 0 Å². The number of hydrogen-bond acceptors (Lipinski definition) is 1. The van der Waals surface area contributed by atoms with Gasteiger partial charge in [0.1, 0.15) is 5.82 Å². The molecule has 2 N–H and O–H groups in total. The Hall–Kier alpha value is -1.41. The molecule has 0 heterocycles. The molecule has 2 aromatic rings. The standard InChI is InChI=1S/C14H14FN/c15-13-6-2-4-9-10(3-1-5-11(9)13)12-7-8-14(12)16/h1-6,12,14H,7-8,16H2. The maximum Gasteiger partial charge on any atom is 0.131 e. The normalized spacial score (nSPS) is 24.4. The largest absolute Gasteiger partial charge is 0.327 e. The van der Waals surface area contributed by atoms with E-state index < -0.39 is 0 Å². The summed E-state index contributed by atoms with van der Waals surface area (Å²) in [6.45, 7) is 0. The molecule has 2 aromatic carbocycles. The quantitative estimate of drug-likeness (QED) is 0.776. The van der Waals surface area contributed by atoms with E-state index in [1.54, 1.807) is 6.07 Å². The minimum Gasteiger partial charge on any atom is -0.327 e. The number of rotatable bonds is 1. The lowest BCUT2D eigenvalue weighted by Crippen LogP contribution is -2.37. The van der Waals surface area contributed by atoms with Crippen LogP contribution in [0, 0.1) is 5.82 Å². The van der Waals surface area contributed by atoms with Crippen LogP contribution in [0.25, 0.3) is 10.8 Å². The Balaban J connectivity index is 2.21. The molecule has 3 rings (SSSR count). The molecule has 0 aliphatic heterocycles. The SMILES string of the molecule is NC1CCC1c1cccc2c(F)cccc12. The summed E-state index contributed by atoms with van der Waals surface area (Å²) in [5, 5.41) is 1.72. The predicted octanol–water partition coefficient (Wildman–Crippen LogP) is 3.18. The van der Waals surface area contributed by atoms with Crippen molar-refractivity contribution in [3.05, 3.63) is 47.8 Å². The van der Waals surface area contributed by atoms with E-state index in [-0.39, 0.29) is 11.9 Å². The van der Waals surface area contributed by atoms with Crippen LogP contribution in [-0.2, 0) is 0 Å². The van der Waals surface area contributed by atoms with Crippen molar-refractivity contribution in [1.82, 2.24) is 0 Å². The second kappa shape index (κ2) is 3.56. The molecule has 82 valence electrons. The second-order valence-corrected chi connectivity index (χ2v) is 4.53. The molecule has 1 fully saturated rings. The van der Waals surface area contributed by atoms with Crippen LogP contribution in [0.1, 0.15) is 24.3 Å². The van der Waals surface area contributed by atoms with E-state index in [1.807, 2.05) is 18.2 Å². The van der Waals surface area contributed by atoms with E-state index in [4.69, 9.17) is 5.73 Å². The van der Waals surface area contributed by atoms with Crippen molar-refractivity contribution in [2.75, 3.05) is 0 Å². The van der Waals surface area contributed by atoms with Crippen LogP contribution < -0.4 is 5.73 Å². The minimum atomic E-state index is -0.146. The summed E-state index contributed by atoms with van der Waals surface area (Å²) in [6.07, 6.45) is 2.20. The van der Waals surface area contributed by atoms with Crippen LogP contribution in [0.5, 0.6) is 0 Å². The predicted molar refractivity (Wildman–Crippen MR) is 63.9 cm³/mol. The monoisotopic (exact) mass is 215 g/mol. The molecule has 2 atom stereocenters. The van der Waals surface area contributed by atoms with Gasteiger partial charge >= 0.3 is 0 Å². The van der Waals surface area contributed by atoms with E-state index in [9.17, 15) is 4.39 Å². The second-order valence-electron chi connectivity index (χ2n) is 4.53. The molecular weight excluding hydrogens is 201 g/mol. The summed E-state index contributed by atoms with van der Waals surface area (Å²) in [5.74, 6) is 0.262. The average molecular weight is 215 g/mol. The van der Waals surface area contributed by atoms with E-state index in [0.29, 0.717) is 11.3 Å². The topological polar surface area (TPSA) is 26.0 Å². The summed E-state index contributed by atoms with van der Waals surface area (Å²) < 4.78 is 13.6. The molecule has 0 saturated heterocycles. The van der Waals surface area contributed by atoms with Crippen LogP contribution in [0.2, 0.25) is 0 Å². The summed E-state index contributed by atoms with van der Waals surface area (Å²) in [6, 6.07) is 11.3. The molecule has 1 saturated carbocycles. The maximum atomic E-state index is 13.6. The fraction of sp³-hybridized carbons (Fsp3) is 0.286. The molecule has 16 heavy (non-hydrogen) atoms. The Bertz CT molecular complexity index is 535. The van der Waals surface area contributed by atoms with E-state index in [0.717, 1.165) is 18.2 Å². The number of halogens is 1. The van der Waals surface area contributed by atoms with Crippen molar-refractivity contribution in [2.24, 2.45) is 5.73 Å². The van der Waals surface area contributed by atoms with E-state index in [1.165, 1.54) is 11.6 Å². The first kappa shape index (κ1) is 9.79. The van der Waals surface area contributed by atoms with Gasteiger partial charge in [0.25, 0.3) is 0 Å². The van der Waals surface area contributed by atoms with Crippen molar-refractivity contribution in [1.29, 1.82) is 0 Å². The molecule has 0 radical (unpaired) electrons. The Morgan fingerprint density at radius 1 is 1.00 bits per heavy atom. The Morgan fingerprint density at radius 3 is 2.44 bits per heavy atom. The fourth-order valence-electron chi connectivity index (χ4n) is 2.53. The van der Waals surface area contributed by atoms with Gasteiger partial charge in [0.15, 0.2) is 0 Å². The van der Waals surface area contributed by atoms with Gasteiger partial charge in [-0.3, -0.25) is 0 Å². The number of nitrogens with two attached hydrogens (primary N) is 1. The molecule has 0 spiro atoms. The Kier molecular flexibility index (Phi) is 2.18. The third-order valence-corrected chi connectivity index (χ3v) is 3.63. The minimum absolute atomic E-state index is 0.146. The summed E-state index contributed by atoms with van der Waals surface area (Å²) in [5.41, 5.74) is 7.19. The van der Waals surface area contributed by atoms with Crippen molar-refractivity contribution in [3.63, 3.8) is 0 Å². The number of hydrogen-bond donors (Lipinski definition) is 1. The Morgan fingerprint density at radius 2 is 1.75 bits per heavy atom. The van der Waals surface area contributed by atoms with Gasteiger partial charge in [0.2, 0.25) is 0 Å². The lowest BCUT2D eigenvalue weighted by atomic mass is 9.74. The van der Waals surface area contributed by atoms with Gasteiger partial charge < -0.3 is 5.73 Å². The summed E-state index contributed by atoms with van der Waals surface area (Å²) >= 11 is 0. The zero-order valence-electron chi connectivity index (χ0n) is 8.99. The molecule has 2 unspecified atom stereocenters. The summed E-state index contributed by atoms with van der Waals surface area (Å²) in [7, 11) is 0. The first-order chi connectivity index (χ1) is 7.77. The smallest absolute Gasteiger partial charge is 0.131 e. The summed E-state index contributed by atoms with van der Waals surface area (Å²) in [4.78, 5) is 0. The zero-order valence-corrected chi connectivity index (χ0v) is 8.99. The lowest BCUT2D eigenvalue weighted by molar-refractivity contribution is 0.348. The molecule has 2 heteroatoms. The molecule has 1 aliphatic carbocycles. The van der Waals surface area contributed by atoms with E-state index in [2.05, 4.69) is 6.07 Å². The molecule has 1 nitrogen and oxygen atoms in total. The highest BCUT2D eigenvalue weighted by Gasteiger charge is 2.29. The average Bonchev–Trinajstić information content (AvgIpc) is 2.29. The fourth-order valence-corrected chi connectivity index (χ4v) is 2.53. The molecule has 0 amide bonds. The molecule has 1 aliphatic rings. The maximum absolute atomic E-state index is 13.6. The third kappa shape index (κ3) is 1.34. The van der Waals surface area contributed by atoms with Gasteiger partial charge in [-0.15, -0.1) is 0 Å². The molecular formula is C14H14FN. The highest BCUT2D eigenvalue weighted by Crippen LogP contribution is 2.39. The number of fused-ring (bicyclic) bond motifs is 1. The van der Waals surface area contributed by atoms with Crippen LogP contribution >= 0.6 is 0 Å². The van der Waals surface area contributed by atoms with Crippen LogP contribution in [0.15, 0.2) is 36.4 Å². The van der Waals surface area contributed by atoms with Crippen LogP contribution in [0.4, 0.5) is 4.39 Å². The first-order valence-electron chi connectivity index (χ1n) is 5.70. The van der Waals surface area contributed by atoms with Gasteiger partial charge in [0.05, 0.1) is 0 Å². The molecule has 0 bridgehead atoms. The van der Waals surface area contributed by atoms with Crippen LogP contribution in [0.3, 0.4) is 0 Å². The van der Waals surface area contributed by atoms with Crippen molar-refractivity contribution in [2.45, 2.75) is 24.8 Å². The van der Waals surface area contributed by atoms with Gasteiger partial charge in [0, 0.05) is 11.4 Å². The lowest BCUT2D eigenvalue weighted by Gasteiger charge is -2.34. The Labute approximate surface area is 94.1 Å². The van der Waals surface area contributed by atoms with Crippen LogP contribution in [-0.4, -0.2) is 6.04 Å². The molecule has 0 aromatic heterocycles. The third-order valence-electron chi connectivity index (χ3n) is 3.63.